The molecule has 1 aromatic heterocycles. The average Bonchev–Trinajstić information content (AvgIpc) is 3.33. The molecule has 6 rings (SSSR count). The van der Waals surface area contributed by atoms with Crippen molar-refractivity contribution in [3.8, 4) is 11.3 Å². The molecule has 2 N–H and O–H groups in total. The molecule has 1 spiro atoms. The van der Waals surface area contributed by atoms with Crippen LogP contribution in [0.3, 0.4) is 0 Å². The number of carbonyl (C=O) groups excluding carboxylic acids is 2. The second kappa shape index (κ2) is 6.52. The molecule has 1 saturated heterocycles. The number of nitrogens with two attached hydrogens (primary N) is 1. The average molecular weight is 434 g/mol. The molecule has 0 bridgehead atoms. The van der Waals surface area contributed by atoms with Crippen molar-refractivity contribution in [3.63, 3.8) is 0 Å². The number of aromatic nitrogens is 1. The van der Waals surface area contributed by atoms with E-state index < -0.39 is 5.41 Å². The van der Waals surface area contributed by atoms with Gasteiger partial charge in [-0.25, -0.2) is 0 Å². The van der Waals surface area contributed by atoms with Gasteiger partial charge in [0.15, 0.2) is 17.0 Å². The number of benzene rings is 1. The van der Waals surface area contributed by atoms with E-state index in [9.17, 15) is 9.59 Å². The number of anilines is 1. The number of nitrogen functional groups attached to an aromatic ring is 1. The summed E-state index contributed by atoms with van der Waals surface area (Å²) in [7, 11) is 0. The van der Waals surface area contributed by atoms with Crippen molar-refractivity contribution in [1.82, 2.24) is 14.8 Å². The summed E-state index contributed by atoms with van der Waals surface area (Å²) in [5.74, 6) is 0.349. The van der Waals surface area contributed by atoms with E-state index in [4.69, 9.17) is 14.9 Å². The minimum atomic E-state index is -1.29. The molecular formula is C24H26N4O4. The summed E-state index contributed by atoms with van der Waals surface area (Å²) >= 11 is 0. The van der Waals surface area contributed by atoms with Gasteiger partial charge < -0.3 is 19.8 Å². The Morgan fingerprint density at radius 3 is 2.66 bits per heavy atom. The van der Waals surface area contributed by atoms with Crippen molar-refractivity contribution in [2.45, 2.75) is 32.1 Å². The predicted molar refractivity (Wildman–Crippen MR) is 116 cm³/mol. The number of fused-ring (bicyclic) bond motifs is 6. The fourth-order valence-electron chi connectivity index (χ4n) is 5.85. The molecule has 1 aromatic carbocycles. The van der Waals surface area contributed by atoms with Crippen LogP contribution < -0.4 is 5.73 Å². The zero-order valence-electron chi connectivity index (χ0n) is 18.3. The second-order valence-electron chi connectivity index (χ2n) is 9.89. The first-order valence-corrected chi connectivity index (χ1v) is 11.1. The van der Waals surface area contributed by atoms with Crippen molar-refractivity contribution in [1.29, 1.82) is 0 Å². The van der Waals surface area contributed by atoms with Crippen LogP contribution in [0.1, 0.15) is 37.9 Å². The highest BCUT2D eigenvalue weighted by Gasteiger charge is 2.65. The molecule has 3 heterocycles. The van der Waals surface area contributed by atoms with Gasteiger partial charge in [-0.1, -0.05) is 38.1 Å². The summed E-state index contributed by atoms with van der Waals surface area (Å²) in [5.41, 5.74) is 7.78. The Labute approximate surface area is 186 Å². The van der Waals surface area contributed by atoms with E-state index >= 15 is 0 Å². The quantitative estimate of drug-likeness (QED) is 0.774. The number of carbonyl (C=O) groups is 2. The number of allylic oxidation sites excluding steroid dienone is 1. The van der Waals surface area contributed by atoms with Gasteiger partial charge in [0.05, 0.1) is 19.9 Å². The zero-order chi connectivity index (χ0) is 22.3. The molecule has 1 atom stereocenters. The summed E-state index contributed by atoms with van der Waals surface area (Å²) < 4.78 is 11.3. The van der Waals surface area contributed by atoms with Gasteiger partial charge >= 0.3 is 0 Å². The third-order valence-electron chi connectivity index (χ3n) is 7.14. The smallest absolute Gasteiger partial charge is 0.292 e. The number of ether oxygens (including phenoxy) is 1. The summed E-state index contributed by atoms with van der Waals surface area (Å²) in [6.45, 7) is 7.35. The summed E-state index contributed by atoms with van der Waals surface area (Å²) in [6, 6.07) is 7.62. The van der Waals surface area contributed by atoms with E-state index in [0.717, 1.165) is 29.9 Å². The highest BCUT2D eigenvalue weighted by molar-refractivity contribution is 6.16. The van der Waals surface area contributed by atoms with Crippen molar-refractivity contribution in [3.05, 3.63) is 46.8 Å². The first-order chi connectivity index (χ1) is 15.3. The topological polar surface area (TPSA) is 102 Å². The molecule has 8 nitrogen and oxygen atoms in total. The minimum absolute atomic E-state index is 0.00157. The SMILES string of the molecule is CC1(C)CC(=O)C2=C(C1)N(CN1CCOCC1)C(=O)C21c2ccccc2-c2oc(N)nc21. The molecule has 1 fully saturated rings. The number of ketones is 1. The fourth-order valence-corrected chi connectivity index (χ4v) is 5.85. The maximum Gasteiger partial charge on any atom is 0.292 e. The molecule has 2 aliphatic carbocycles. The Kier molecular flexibility index (Phi) is 4.02. The molecule has 8 heteroatoms. The van der Waals surface area contributed by atoms with E-state index in [-0.39, 0.29) is 23.1 Å². The Morgan fingerprint density at radius 1 is 1.12 bits per heavy atom. The Hall–Kier alpha value is -2.97. The number of nitrogens with zero attached hydrogens (tertiary/aromatic N) is 3. The van der Waals surface area contributed by atoms with Gasteiger partial charge in [0.1, 0.15) is 5.69 Å². The molecule has 1 unspecified atom stereocenters. The van der Waals surface area contributed by atoms with Crippen LogP contribution in [0, 0.1) is 5.41 Å². The number of amides is 1. The molecule has 0 saturated carbocycles. The molecule has 0 radical (unpaired) electrons. The minimum Gasteiger partial charge on any atom is -0.423 e. The number of morpholine rings is 1. The van der Waals surface area contributed by atoms with Crippen molar-refractivity contribution >= 4 is 17.7 Å². The fraction of sp³-hybridized carbons (Fsp3) is 0.458. The summed E-state index contributed by atoms with van der Waals surface area (Å²) in [6.07, 6.45) is 1.04. The van der Waals surface area contributed by atoms with Gasteiger partial charge in [0, 0.05) is 36.3 Å². The van der Waals surface area contributed by atoms with Crippen LogP contribution in [-0.2, 0) is 19.7 Å². The molecule has 1 amide bonds. The third-order valence-corrected chi connectivity index (χ3v) is 7.14. The number of hydrogen-bond acceptors (Lipinski definition) is 7. The Morgan fingerprint density at radius 2 is 1.88 bits per heavy atom. The molecule has 2 aromatic rings. The van der Waals surface area contributed by atoms with E-state index in [0.29, 0.717) is 49.8 Å². The third kappa shape index (κ3) is 2.47. The van der Waals surface area contributed by atoms with E-state index in [1.807, 2.05) is 29.2 Å². The zero-order valence-corrected chi connectivity index (χ0v) is 18.3. The number of rotatable bonds is 2. The standard InChI is InChI=1S/C24H26N4O4/c1-23(2)11-16-18(17(29)12-23)24(21(30)28(16)13-27-7-9-31-10-8-27)15-6-4-3-5-14(15)19-20(24)26-22(25)32-19/h3-6H,7-13H2,1-2H3,(H2,25,26). The Bertz CT molecular complexity index is 1190. The summed E-state index contributed by atoms with van der Waals surface area (Å²) in [4.78, 5) is 36.6. The van der Waals surface area contributed by atoms with Crippen LogP contribution >= 0.6 is 0 Å². The number of hydrogen-bond donors (Lipinski definition) is 1. The van der Waals surface area contributed by atoms with Gasteiger partial charge in [-0.15, -0.1) is 0 Å². The normalized spacial score (nSPS) is 26.6. The lowest BCUT2D eigenvalue weighted by Gasteiger charge is -2.36. The Balaban J connectivity index is 1.59. The molecule has 32 heavy (non-hydrogen) atoms. The monoisotopic (exact) mass is 434 g/mol. The van der Waals surface area contributed by atoms with Gasteiger partial charge in [-0.2, -0.15) is 4.98 Å². The van der Waals surface area contributed by atoms with Crippen molar-refractivity contribution in [2.24, 2.45) is 5.41 Å². The largest absolute Gasteiger partial charge is 0.423 e. The summed E-state index contributed by atoms with van der Waals surface area (Å²) in [5, 5.41) is 0. The van der Waals surface area contributed by atoms with Crippen LogP contribution in [0.5, 0.6) is 0 Å². The maximum atomic E-state index is 14.4. The molecule has 2 aliphatic heterocycles. The predicted octanol–water partition coefficient (Wildman–Crippen LogP) is 2.30. The lowest BCUT2D eigenvalue weighted by molar-refractivity contribution is -0.134. The lowest BCUT2D eigenvalue weighted by Crippen LogP contribution is -2.48. The van der Waals surface area contributed by atoms with Crippen LogP contribution in [-0.4, -0.2) is 59.4 Å². The number of oxazole rings is 1. The van der Waals surface area contributed by atoms with Crippen LogP contribution in [0.2, 0.25) is 0 Å². The first-order valence-electron chi connectivity index (χ1n) is 11.1. The van der Waals surface area contributed by atoms with Crippen LogP contribution in [0.25, 0.3) is 11.3 Å². The van der Waals surface area contributed by atoms with Gasteiger partial charge in [0.2, 0.25) is 5.91 Å². The lowest BCUT2D eigenvalue weighted by atomic mass is 9.67. The maximum absolute atomic E-state index is 14.4. The van der Waals surface area contributed by atoms with E-state index in [1.54, 1.807) is 0 Å². The first kappa shape index (κ1) is 19.7. The van der Waals surface area contributed by atoms with E-state index in [1.165, 1.54) is 0 Å². The van der Waals surface area contributed by atoms with Gasteiger partial charge in [-0.3, -0.25) is 14.5 Å². The van der Waals surface area contributed by atoms with E-state index in [2.05, 4.69) is 23.7 Å². The number of Topliss-reactive ketones (excluding diaryl/α,β-unsaturated/α-hetero) is 1. The van der Waals surface area contributed by atoms with Gasteiger partial charge in [-0.05, 0) is 17.4 Å². The highest BCUT2D eigenvalue weighted by Crippen LogP contribution is 2.60. The highest BCUT2D eigenvalue weighted by atomic mass is 16.5. The van der Waals surface area contributed by atoms with Crippen molar-refractivity contribution < 1.29 is 18.7 Å². The van der Waals surface area contributed by atoms with Crippen molar-refractivity contribution in [2.75, 3.05) is 38.7 Å². The molecule has 4 aliphatic rings. The van der Waals surface area contributed by atoms with Crippen LogP contribution in [0.4, 0.5) is 6.01 Å². The molecular weight excluding hydrogens is 408 g/mol. The second-order valence-corrected chi connectivity index (χ2v) is 9.89. The van der Waals surface area contributed by atoms with Crippen LogP contribution in [0.15, 0.2) is 40.0 Å². The molecule has 166 valence electrons. The van der Waals surface area contributed by atoms with Gasteiger partial charge in [0.25, 0.3) is 6.01 Å².